The van der Waals surface area contributed by atoms with Crippen molar-refractivity contribution in [2.24, 2.45) is 0 Å². The number of hydrogen-bond donors (Lipinski definition) is 2. The van der Waals surface area contributed by atoms with Crippen molar-refractivity contribution in [3.05, 3.63) is 53.3 Å². The number of carbonyl (C=O) groups is 1. The highest BCUT2D eigenvalue weighted by molar-refractivity contribution is 6.31. The van der Waals surface area contributed by atoms with Crippen LogP contribution in [-0.2, 0) is 6.54 Å². The van der Waals surface area contributed by atoms with Gasteiger partial charge in [0.2, 0.25) is 0 Å². The van der Waals surface area contributed by atoms with Crippen LogP contribution < -0.4 is 11.1 Å². The van der Waals surface area contributed by atoms with Crippen LogP contribution in [0, 0.1) is 0 Å². The maximum atomic E-state index is 11.8. The lowest BCUT2D eigenvalue weighted by molar-refractivity contribution is 0.0952. The van der Waals surface area contributed by atoms with Crippen molar-refractivity contribution < 1.29 is 4.79 Å². The van der Waals surface area contributed by atoms with Gasteiger partial charge >= 0.3 is 0 Å². The zero-order valence-electron chi connectivity index (χ0n) is 9.77. The van der Waals surface area contributed by atoms with Crippen LogP contribution in [0.2, 0.25) is 5.02 Å². The minimum Gasteiger partial charge on any atom is -0.399 e. The number of benzene rings is 1. The van der Waals surface area contributed by atoms with E-state index in [1.807, 2.05) is 29.1 Å². The van der Waals surface area contributed by atoms with E-state index in [9.17, 15) is 4.79 Å². The third kappa shape index (κ3) is 3.28. The van der Waals surface area contributed by atoms with Crippen LogP contribution in [0.1, 0.15) is 10.4 Å². The van der Waals surface area contributed by atoms with Gasteiger partial charge in [-0.2, -0.15) is 0 Å². The first-order valence-corrected chi connectivity index (χ1v) is 5.98. The fraction of sp³-hybridized carbons (Fsp3) is 0.154. The predicted octanol–water partition coefficient (Wildman–Crippen LogP) is 2.15. The number of nitrogens with one attached hydrogen (secondary N) is 1. The average molecular weight is 264 g/mol. The van der Waals surface area contributed by atoms with Crippen molar-refractivity contribution in [1.29, 1.82) is 0 Å². The second-order valence-electron chi connectivity index (χ2n) is 3.95. The molecule has 5 heteroatoms. The number of anilines is 1. The monoisotopic (exact) mass is 263 g/mol. The van der Waals surface area contributed by atoms with Crippen molar-refractivity contribution >= 4 is 23.2 Å². The lowest BCUT2D eigenvalue weighted by atomic mass is 10.2. The third-order valence-electron chi connectivity index (χ3n) is 2.50. The minimum absolute atomic E-state index is 0.170. The molecule has 0 saturated carbocycles. The Hall–Kier alpha value is -1.94. The SMILES string of the molecule is Nc1cc(Cl)cc(C(=O)NCCn2cccc2)c1. The van der Waals surface area contributed by atoms with Crippen molar-refractivity contribution in [3.8, 4) is 0 Å². The molecule has 1 amide bonds. The summed E-state index contributed by atoms with van der Waals surface area (Å²) in [5.41, 5.74) is 6.60. The van der Waals surface area contributed by atoms with Gasteiger partial charge in [-0.25, -0.2) is 0 Å². The summed E-state index contributed by atoms with van der Waals surface area (Å²) in [5.74, 6) is -0.170. The summed E-state index contributed by atoms with van der Waals surface area (Å²) in [6.45, 7) is 1.29. The molecule has 1 aromatic heterocycles. The van der Waals surface area contributed by atoms with Gasteiger partial charge in [0.1, 0.15) is 0 Å². The van der Waals surface area contributed by atoms with Gasteiger partial charge < -0.3 is 15.6 Å². The molecule has 1 heterocycles. The van der Waals surface area contributed by atoms with Crippen LogP contribution >= 0.6 is 11.6 Å². The topological polar surface area (TPSA) is 60.1 Å². The molecule has 3 N–H and O–H groups in total. The van der Waals surface area contributed by atoms with Gasteiger partial charge in [0.15, 0.2) is 0 Å². The maximum absolute atomic E-state index is 11.8. The molecule has 0 unspecified atom stereocenters. The summed E-state index contributed by atoms with van der Waals surface area (Å²) >= 11 is 5.85. The largest absolute Gasteiger partial charge is 0.399 e. The average Bonchev–Trinajstić information content (AvgIpc) is 2.80. The molecule has 2 rings (SSSR count). The van der Waals surface area contributed by atoms with Gasteiger partial charge in [-0.1, -0.05) is 11.6 Å². The number of nitrogen functional groups attached to an aromatic ring is 1. The molecule has 0 saturated heterocycles. The van der Waals surface area contributed by atoms with Crippen LogP contribution in [0.3, 0.4) is 0 Å². The van der Waals surface area contributed by atoms with E-state index in [2.05, 4.69) is 5.32 Å². The molecule has 0 atom stereocenters. The molecule has 0 spiro atoms. The lowest BCUT2D eigenvalue weighted by Crippen LogP contribution is -2.27. The summed E-state index contributed by atoms with van der Waals surface area (Å²) in [5, 5.41) is 3.28. The molecule has 4 nitrogen and oxygen atoms in total. The minimum atomic E-state index is -0.170. The Morgan fingerprint density at radius 3 is 2.67 bits per heavy atom. The highest BCUT2D eigenvalue weighted by atomic mass is 35.5. The van der Waals surface area contributed by atoms with Crippen LogP contribution in [0.5, 0.6) is 0 Å². The normalized spacial score (nSPS) is 10.3. The Morgan fingerprint density at radius 2 is 2.00 bits per heavy atom. The Balaban J connectivity index is 1.91. The van der Waals surface area contributed by atoms with Gasteiger partial charge in [-0.3, -0.25) is 4.79 Å². The van der Waals surface area contributed by atoms with E-state index < -0.39 is 0 Å². The third-order valence-corrected chi connectivity index (χ3v) is 2.72. The zero-order valence-corrected chi connectivity index (χ0v) is 10.5. The molecule has 0 bridgehead atoms. The summed E-state index contributed by atoms with van der Waals surface area (Å²) in [6, 6.07) is 8.71. The van der Waals surface area contributed by atoms with Crippen molar-refractivity contribution in [3.63, 3.8) is 0 Å². The number of carbonyl (C=O) groups excluding carboxylic acids is 1. The maximum Gasteiger partial charge on any atom is 0.251 e. The first kappa shape index (κ1) is 12.5. The van der Waals surface area contributed by atoms with E-state index in [0.717, 1.165) is 6.54 Å². The number of amides is 1. The molecule has 0 aliphatic carbocycles. The Kier molecular flexibility index (Phi) is 3.89. The second-order valence-corrected chi connectivity index (χ2v) is 4.39. The molecular weight excluding hydrogens is 250 g/mol. The Bertz CT molecular complexity index is 517. The van der Waals surface area contributed by atoms with E-state index in [4.69, 9.17) is 17.3 Å². The molecule has 0 aliphatic heterocycles. The predicted molar refractivity (Wildman–Crippen MR) is 72.6 cm³/mol. The van der Waals surface area contributed by atoms with Gasteiger partial charge in [0, 0.05) is 41.8 Å². The fourth-order valence-corrected chi connectivity index (χ4v) is 1.91. The van der Waals surface area contributed by atoms with Gasteiger partial charge in [-0.05, 0) is 30.3 Å². The molecule has 18 heavy (non-hydrogen) atoms. The first-order chi connectivity index (χ1) is 8.65. The van der Waals surface area contributed by atoms with Crippen molar-refractivity contribution in [1.82, 2.24) is 9.88 Å². The number of nitrogens with two attached hydrogens (primary N) is 1. The molecular formula is C13H14ClN3O. The standard InChI is InChI=1S/C13H14ClN3O/c14-11-7-10(8-12(15)9-11)13(18)16-3-6-17-4-1-2-5-17/h1-2,4-5,7-9H,3,6,15H2,(H,16,18). The van der Waals surface area contributed by atoms with Gasteiger partial charge in [-0.15, -0.1) is 0 Å². The number of halogens is 1. The number of aromatic nitrogens is 1. The number of hydrogen-bond acceptors (Lipinski definition) is 2. The molecule has 1 aromatic carbocycles. The molecule has 0 radical (unpaired) electrons. The second kappa shape index (κ2) is 5.60. The summed E-state index contributed by atoms with van der Waals surface area (Å²) in [7, 11) is 0. The zero-order chi connectivity index (χ0) is 13.0. The van der Waals surface area contributed by atoms with E-state index in [-0.39, 0.29) is 5.91 Å². The van der Waals surface area contributed by atoms with Gasteiger partial charge in [0.05, 0.1) is 0 Å². The van der Waals surface area contributed by atoms with Crippen LogP contribution in [0.15, 0.2) is 42.7 Å². The quantitative estimate of drug-likeness (QED) is 0.831. The Morgan fingerprint density at radius 1 is 1.28 bits per heavy atom. The van der Waals surface area contributed by atoms with Crippen LogP contribution in [0.4, 0.5) is 5.69 Å². The van der Waals surface area contributed by atoms with Crippen LogP contribution in [0.25, 0.3) is 0 Å². The molecule has 0 aliphatic rings. The van der Waals surface area contributed by atoms with E-state index in [1.165, 1.54) is 0 Å². The van der Waals surface area contributed by atoms with E-state index >= 15 is 0 Å². The van der Waals surface area contributed by atoms with E-state index in [0.29, 0.717) is 22.8 Å². The molecule has 94 valence electrons. The highest BCUT2D eigenvalue weighted by Gasteiger charge is 2.06. The summed E-state index contributed by atoms with van der Waals surface area (Å²) in [6.07, 6.45) is 3.90. The highest BCUT2D eigenvalue weighted by Crippen LogP contribution is 2.16. The molecule has 0 fully saturated rings. The Labute approximate surface area is 110 Å². The molecule has 2 aromatic rings. The number of nitrogens with zero attached hydrogens (tertiary/aromatic N) is 1. The first-order valence-electron chi connectivity index (χ1n) is 5.60. The van der Waals surface area contributed by atoms with Crippen molar-refractivity contribution in [2.75, 3.05) is 12.3 Å². The summed E-state index contributed by atoms with van der Waals surface area (Å²) in [4.78, 5) is 11.8. The van der Waals surface area contributed by atoms with Gasteiger partial charge in [0.25, 0.3) is 5.91 Å². The number of rotatable bonds is 4. The fourth-order valence-electron chi connectivity index (χ4n) is 1.66. The lowest BCUT2D eigenvalue weighted by Gasteiger charge is -2.07. The van der Waals surface area contributed by atoms with Crippen LogP contribution in [-0.4, -0.2) is 17.0 Å². The smallest absolute Gasteiger partial charge is 0.251 e. The summed E-state index contributed by atoms with van der Waals surface area (Å²) < 4.78 is 1.99. The van der Waals surface area contributed by atoms with Crippen molar-refractivity contribution in [2.45, 2.75) is 6.54 Å². The van der Waals surface area contributed by atoms with E-state index in [1.54, 1.807) is 18.2 Å².